The van der Waals surface area contributed by atoms with E-state index in [9.17, 15) is 8.78 Å². The van der Waals surface area contributed by atoms with Crippen LogP contribution in [0.1, 0.15) is 27.1 Å². The zero-order valence-corrected chi connectivity index (χ0v) is 13.6. The molecule has 100 valence electrons. The fourth-order valence-corrected chi connectivity index (χ4v) is 3.13. The third-order valence-electron chi connectivity index (χ3n) is 3.07. The van der Waals surface area contributed by atoms with Crippen molar-refractivity contribution < 1.29 is 8.78 Å². The minimum atomic E-state index is -0.403. The maximum Gasteiger partial charge on any atom is 0.128 e. The summed E-state index contributed by atoms with van der Waals surface area (Å²) < 4.78 is 28.5. The van der Waals surface area contributed by atoms with Gasteiger partial charge in [0.05, 0.1) is 4.83 Å². The third kappa shape index (κ3) is 3.06. The van der Waals surface area contributed by atoms with Gasteiger partial charge in [-0.15, -0.1) is 0 Å². The van der Waals surface area contributed by atoms with Gasteiger partial charge in [0.15, 0.2) is 0 Å². The van der Waals surface area contributed by atoms with Crippen molar-refractivity contribution in [2.24, 2.45) is 0 Å². The Bertz CT molecular complexity index is 624. The number of aryl methyl sites for hydroxylation is 2. The summed E-state index contributed by atoms with van der Waals surface area (Å²) in [6, 6.07) is 8.25. The van der Waals surface area contributed by atoms with Crippen molar-refractivity contribution in [1.29, 1.82) is 0 Å². The van der Waals surface area contributed by atoms with Crippen molar-refractivity contribution in [2.45, 2.75) is 18.7 Å². The van der Waals surface area contributed by atoms with Crippen LogP contribution in [0.5, 0.6) is 0 Å². The molecule has 0 saturated carbocycles. The molecule has 2 rings (SSSR count). The van der Waals surface area contributed by atoms with Crippen molar-refractivity contribution in [1.82, 2.24) is 0 Å². The van der Waals surface area contributed by atoms with Gasteiger partial charge in [-0.3, -0.25) is 0 Å². The van der Waals surface area contributed by atoms with Crippen LogP contribution in [-0.4, -0.2) is 0 Å². The Balaban J connectivity index is 2.52. The van der Waals surface area contributed by atoms with E-state index >= 15 is 0 Å². The Morgan fingerprint density at radius 1 is 0.895 bits per heavy atom. The van der Waals surface area contributed by atoms with E-state index < -0.39 is 11.6 Å². The average Bonchev–Trinajstić information content (AvgIpc) is 2.36. The van der Waals surface area contributed by atoms with Crippen LogP contribution in [-0.2, 0) is 0 Å². The van der Waals surface area contributed by atoms with Crippen LogP contribution in [0.3, 0.4) is 0 Å². The molecule has 0 heterocycles. The molecule has 1 atom stereocenters. The molecular formula is C15H12Br2F2. The van der Waals surface area contributed by atoms with E-state index in [1.807, 2.05) is 25.1 Å². The van der Waals surface area contributed by atoms with Crippen molar-refractivity contribution in [3.05, 3.63) is 68.7 Å². The fourth-order valence-electron chi connectivity index (χ4n) is 1.91. The first-order chi connectivity index (χ1) is 8.90. The van der Waals surface area contributed by atoms with Gasteiger partial charge in [0.2, 0.25) is 0 Å². The molecule has 0 nitrogen and oxygen atoms in total. The summed E-state index contributed by atoms with van der Waals surface area (Å²) >= 11 is 6.85. The fraction of sp³-hybridized carbons (Fsp3) is 0.200. The quantitative estimate of drug-likeness (QED) is 0.567. The number of benzene rings is 2. The molecule has 0 bridgehead atoms. The predicted octanol–water partition coefficient (Wildman–Crippen LogP) is 5.83. The summed E-state index contributed by atoms with van der Waals surface area (Å²) in [4.78, 5) is -0.375. The molecule has 4 heteroatoms. The molecule has 0 spiro atoms. The summed E-state index contributed by atoms with van der Waals surface area (Å²) in [5, 5.41) is 0. The lowest BCUT2D eigenvalue weighted by Gasteiger charge is -2.15. The SMILES string of the molecule is Cc1cc(F)c(C(Br)c2cc(Br)ccc2C)cc1F. The zero-order valence-electron chi connectivity index (χ0n) is 10.5. The predicted molar refractivity (Wildman–Crippen MR) is 80.7 cm³/mol. The highest BCUT2D eigenvalue weighted by atomic mass is 79.9. The number of rotatable bonds is 2. The Labute approximate surface area is 128 Å². The lowest BCUT2D eigenvalue weighted by Crippen LogP contribution is -2.01. The van der Waals surface area contributed by atoms with E-state index in [1.165, 1.54) is 12.1 Å². The second kappa shape index (κ2) is 5.71. The normalized spacial score (nSPS) is 12.5. The summed E-state index contributed by atoms with van der Waals surface area (Å²) in [5.74, 6) is -0.798. The summed E-state index contributed by atoms with van der Waals surface area (Å²) in [7, 11) is 0. The van der Waals surface area contributed by atoms with Gasteiger partial charge in [0.25, 0.3) is 0 Å². The molecule has 0 fully saturated rings. The van der Waals surface area contributed by atoms with Crippen molar-refractivity contribution in [3.63, 3.8) is 0 Å². The van der Waals surface area contributed by atoms with Gasteiger partial charge in [-0.1, -0.05) is 37.9 Å². The molecule has 0 aliphatic carbocycles. The van der Waals surface area contributed by atoms with Crippen molar-refractivity contribution in [2.75, 3.05) is 0 Å². The van der Waals surface area contributed by atoms with Crippen LogP contribution in [0.25, 0.3) is 0 Å². The third-order valence-corrected chi connectivity index (χ3v) is 4.55. The van der Waals surface area contributed by atoms with Crippen LogP contribution in [0.2, 0.25) is 0 Å². The average molecular weight is 390 g/mol. The van der Waals surface area contributed by atoms with Crippen molar-refractivity contribution in [3.8, 4) is 0 Å². The number of hydrogen-bond donors (Lipinski definition) is 0. The van der Waals surface area contributed by atoms with E-state index in [0.717, 1.165) is 15.6 Å². The summed E-state index contributed by atoms with van der Waals surface area (Å²) in [5.41, 5.74) is 2.55. The van der Waals surface area contributed by atoms with Gasteiger partial charge in [-0.25, -0.2) is 8.78 Å². The monoisotopic (exact) mass is 388 g/mol. The minimum absolute atomic E-state index is 0.310. The first kappa shape index (κ1) is 14.7. The topological polar surface area (TPSA) is 0 Å². The van der Waals surface area contributed by atoms with Gasteiger partial charge in [0, 0.05) is 10.0 Å². The van der Waals surface area contributed by atoms with E-state index in [-0.39, 0.29) is 4.83 Å². The second-order valence-electron chi connectivity index (χ2n) is 4.49. The molecule has 0 N–H and O–H groups in total. The molecule has 0 saturated heterocycles. The molecular weight excluding hydrogens is 378 g/mol. The zero-order chi connectivity index (χ0) is 14.2. The smallest absolute Gasteiger partial charge is 0.128 e. The molecule has 0 aromatic heterocycles. The first-order valence-corrected chi connectivity index (χ1v) is 7.46. The molecule has 19 heavy (non-hydrogen) atoms. The van der Waals surface area contributed by atoms with Gasteiger partial charge in [-0.05, 0) is 54.8 Å². The highest BCUT2D eigenvalue weighted by molar-refractivity contribution is 9.10. The molecule has 0 aliphatic rings. The standard InChI is InChI=1S/C15H12Br2F2/c1-8-3-4-10(16)6-11(8)15(17)12-7-13(18)9(2)5-14(12)19/h3-7,15H,1-2H3. The van der Waals surface area contributed by atoms with Gasteiger partial charge < -0.3 is 0 Å². The Morgan fingerprint density at radius 3 is 2.26 bits per heavy atom. The Hall–Kier alpha value is -0.740. The Morgan fingerprint density at radius 2 is 1.58 bits per heavy atom. The van der Waals surface area contributed by atoms with Gasteiger partial charge in [0.1, 0.15) is 11.6 Å². The molecule has 0 aliphatic heterocycles. The van der Waals surface area contributed by atoms with Crippen LogP contribution in [0, 0.1) is 25.5 Å². The minimum Gasteiger partial charge on any atom is -0.207 e. The van der Waals surface area contributed by atoms with Crippen LogP contribution in [0.4, 0.5) is 8.78 Å². The number of alkyl halides is 1. The first-order valence-electron chi connectivity index (χ1n) is 5.76. The van der Waals surface area contributed by atoms with Crippen molar-refractivity contribution >= 4 is 31.9 Å². The van der Waals surface area contributed by atoms with E-state index in [0.29, 0.717) is 11.1 Å². The maximum atomic E-state index is 14.0. The number of halogens is 4. The molecule has 1 unspecified atom stereocenters. The largest absolute Gasteiger partial charge is 0.207 e. The van der Waals surface area contributed by atoms with E-state index in [4.69, 9.17) is 0 Å². The molecule has 2 aromatic rings. The second-order valence-corrected chi connectivity index (χ2v) is 6.32. The molecule has 0 radical (unpaired) electrons. The van der Waals surface area contributed by atoms with Crippen LogP contribution < -0.4 is 0 Å². The lowest BCUT2D eigenvalue weighted by atomic mass is 9.99. The number of hydrogen-bond acceptors (Lipinski definition) is 0. The maximum absolute atomic E-state index is 14.0. The van der Waals surface area contributed by atoms with Gasteiger partial charge >= 0.3 is 0 Å². The van der Waals surface area contributed by atoms with E-state index in [2.05, 4.69) is 31.9 Å². The molecule has 0 amide bonds. The van der Waals surface area contributed by atoms with Crippen LogP contribution in [0.15, 0.2) is 34.8 Å². The van der Waals surface area contributed by atoms with Crippen LogP contribution >= 0.6 is 31.9 Å². The van der Waals surface area contributed by atoms with Gasteiger partial charge in [-0.2, -0.15) is 0 Å². The Kier molecular flexibility index (Phi) is 4.41. The summed E-state index contributed by atoms with van der Waals surface area (Å²) in [6.07, 6.45) is 0. The van der Waals surface area contributed by atoms with E-state index in [1.54, 1.807) is 6.92 Å². The highest BCUT2D eigenvalue weighted by Crippen LogP contribution is 2.36. The highest BCUT2D eigenvalue weighted by Gasteiger charge is 2.18. The summed E-state index contributed by atoms with van der Waals surface area (Å²) in [6.45, 7) is 3.49. The lowest BCUT2D eigenvalue weighted by molar-refractivity contribution is 0.581. The molecule has 2 aromatic carbocycles.